The SMILES string of the molecule is C1CCCCOCOCCC1. The Morgan fingerprint density at radius 3 is 1.55 bits per heavy atom. The summed E-state index contributed by atoms with van der Waals surface area (Å²) in [6.45, 7) is 2.25. The minimum absolute atomic E-state index is 0.500. The van der Waals surface area contributed by atoms with Gasteiger partial charge < -0.3 is 9.47 Å². The minimum Gasteiger partial charge on any atom is -0.355 e. The van der Waals surface area contributed by atoms with Crippen LogP contribution in [0.3, 0.4) is 0 Å². The molecule has 1 rings (SSSR count). The van der Waals surface area contributed by atoms with E-state index in [0.717, 1.165) is 13.2 Å². The summed E-state index contributed by atoms with van der Waals surface area (Å²) in [5.41, 5.74) is 0. The fourth-order valence-corrected chi connectivity index (χ4v) is 1.29. The Morgan fingerprint density at radius 1 is 0.545 bits per heavy atom. The molecule has 0 aromatic carbocycles. The zero-order chi connectivity index (χ0) is 7.78. The van der Waals surface area contributed by atoms with Crippen LogP contribution in [0.1, 0.15) is 38.5 Å². The van der Waals surface area contributed by atoms with Crippen LogP contribution < -0.4 is 0 Å². The first-order valence-corrected chi connectivity index (χ1v) is 4.65. The summed E-state index contributed by atoms with van der Waals surface area (Å²) >= 11 is 0. The van der Waals surface area contributed by atoms with Gasteiger partial charge >= 0.3 is 0 Å². The van der Waals surface area contributed by atoms with Crippen molar-refractivity contribution >= 4 is 0 Å². The van der Waals surface area contributed by atoms with Crippen molar-refractivity contribution in [2.45, 2.75) is 38.5 Å². The van der Waals surface area contributed by atoms with Crippen LogP contribution in [0.5, 0.6) is 0 Å². The first-order valence-electron chi connectivity index (χ1n) is 4.65. The second kappa shape index (κ2) is 6.62. The van der Waals surface area contributed by atoms with E-state index in [9.17, 15) is 0 Å². The maximum Gasteiger partial charge on any atom is 0.146 e. The molecule has 1 heterocycles. The van der Waals surface area contributed by atoms with E-state index in [-0.39, 0.29) is 0 Å². The molecular formula is C9H18O2. The molecule has 0 N–H and O–H groups in total. The first-order chi connectivity index (χ1) is 5.50. The minimum atomic E-state index is 0.500. The van der Waals surface area contributed by atoms with E-state index in [2.05, 4.69) is 0 Å². The van der Waals surface area contributed by atoms with E-state index in [0.29, 0.717) is 6.79 Å². The Morgan fingerprint density at radius 2 is 1.00 bits per heavy atom. The van der Waals surface area contributed by atoms with Crippen molar-refractivity contribution in [2.75, 3.05) is 20.0 Å². The summed E-state index contributed by atoms with van der Waals surface area (Å²) in [4.78, 5) is 0. The van der Waals surface area contributed by atoms with Crippen LogP contribution in [-0.4, -0.2) is 20.0 Å². The molecule has 2 nitrogen and oxygen atoms in total. The largest absolute Gasteiger partial charge is 0.355 e. The molecule has 0 amide bonds. The summed E-state index contributed by atoms with van der Waals surface area (Å²) in [5, 5.41) is 0. The summed E-state index contributed by atoms with van der Waals surface area (Å²) in [6, 6.07) is 0. The highest BCUT2D eigenvalue weighted by Gasteiger charge is 1.95. The number of ether oxygens (including phenoxy) is 2. The van der Waals surface area contributed by atoms with Crippen molar-refractivity contribution in [2.24, 2.45) is 0 Å². The Kier molecular flexibility index (Phi) is 5.42. The van der Waals surface area contributed by atoms with Gasteiger partial charge in [0.25, 0.3) is 0 Å². The highest BCUT2D eigenvalue weighted by atomic mass is 16.7. The van der Waals surface area contributed by atoms with Gasteiger partial charge in [-0.1, -0.05) is 25.7 Å². The quantitative estimate of drug-likeness (QED) is 0.538. The van der Waals surface area contributed by atoms with Crippen LogP contribution >= 0.6 is 0 Å². The monoisotopic (exact) mass is 158 g/mol. The van der Waals surface area contributed by atoms with Gasteiger partial charge in [-0.05, 0) is 12.8 Å². The van der Waals surface area contributed by atoms with E-state index in [1.807, 2.05) is 0 Å². The molecule has 66 valence electrons. The molecule has 0 saturated carbocycles. The third kappa shape index (κ3) is 5.22. The Balaban J connectivity index is 2.02. The van der Waals surface area contributed by atoms with Crippen molar-refractivity contribution in [1.82, 2.24) is 0 Å². The lowest BCUT2D eigenvalue weighted by atomic mass is 10.1. The summed E-state index contributed by atoms with van der Waals surface area (Å²) in [6.07, 6.45) is 7.76. The van der Waals surface area contributed by atoms with E-state index in [1.54, 1.807) is 0 Å². The first kappa shape index (κ1) is 9.01. The van der Waals surface area contributed by atoms with E-state index < -0.39 is 0 Å². The fourth-order valence-electron chi connectivity index (χ4n) is 1.29. The second-order valence-corrected chi connectivity index (χ2v) is 3.06. The molecule has 0 bridgehead atoms. The van der Waals surface area contributed by atoms with Gasteiger partial charge in [-0.3, -0.25) is 0 Å². The molecule has 0 aromatic rings. The Labute approximate surface area is 68.9 Å². The van der Waals surface area contributed by atoms with Crippen LogP contribution in [-0.2, 0) is 9.47 Å². The van der Waals surface area contributed by atoms with Gasteiger partial charge in [0.2, 0.25) is 0 Å². The Hall–Kier alpha value is -0.0800. The zero-order valence-corrected chi connectivity index (χ0v) is 7.18. The molecule has 0 aromatic heterocycles. The van der Waals surface area contributed by atoms with E-state index in [4.69, 9.17) is 9.47 Å². The predicted molar refractivity (Wildman–Crippen MR) is 44.5 cm³/mol. The maximum atomic E-state index is 5.24. The lowest BCUT2D eigenvalue weighted by molar-refractivity contribution is -0.0544. The van der Waals surface area contributed by atoms with Crippen molar-refractivity contribution < 1.29 is 9.47 Å². The van der Waals surface area contributed by atoms with Gasteiger partial charge in [-0.2, -0.15) is 0 Å². The molecular weight excluding hydrogens is 140 g/mol. The fraction of sp³-hybridized carbons (Fsp3) is 1.00. The van der Waals surface area contributed by atoms with Crippen molar-refractivity contribution in [1.29, 1.82) is 0 Å². The highest BCUT2D eigenvalue weighted by Crippen LogP contribution is 2.06. The standard InChI is InChI=1S/C9H18O2/c1-2-4-6-8-11-9-10-7-5-3-1/h1-9H2. The lowest BCUT2D eigenvalue weighted by Crippen LogP contribution is -2.01. The summed E-state index contributed by atoms with van der Waals surface area (Å²) in [7, 11) is 0. The molecule has 0 atom stereocenters. The molecule has 0 aliphatic carbocycles. The van der Waals surface area contributed by atoms with Crippen LogP contribution in [0, 0.1) is 0 Å². The lowest BCUT2D eigenvalue weighted by Gasteiger charge is -2.02. The van der Waals surface area contributed by atoms with Gasteiger partial charge in [-0.15, -0.1) is 0 Å². The average molecular weight is 158 g/mol. The van der Waals surface area contributed by atoms with Crippen molar-refractivity contribution in [3.05, 3.63) is 0 Å². The van der Waals surface area contributed by atoms with Gasteiger partial charge in [0.05, 0.1) is 0 Å². The van der Waals surface area contributed by atoms with Crippen LogP contribution in [0.2, 0.25) is 0 Å². The number of hydrogen-bond donors (Lipinski definition) is 0. The summed E-state index contributed by atoms with van der Waals surface area (Å²) in [5.74, 6) is 0. The Bertz CT molecular complexity index is 45.6. The third-order valence-corrected chi connectivity index (χ3v) is 1.99. The highest BCUT2D eigenvalue weighted by molar-refractivity contribution is 4.45. The van der Waals surface area contributed by atoms with Crippen LogP contribution in [0.15, 0.2) is 0 Å². The van der Waals surface area contributed by atoms with Crippen LogP contribution in [0.4, 0.5) is 0 Å². The molecule has 1 aliphatic heterocycles. The molecule has 0 unspecified atom stereocenters. The third-order valence-electron chi connectivity index (χ3n) is 1.99. The molecule has 1 saturated heterocycles. The van der Waals surface area contributed by atoms with Gasteiger partial charge in [-0.25, -0.2) is 0 Å². The maximum absolute atomic E-state index is 5.24. The predicted octanol–water partition coefficient (Wildman–Crippen LogP) is 2.33. The molecule has 1 aliphatic rings. The average Bonchev–Trinajstić information content (AvgIpc) is 2.08. The molecule has 1 fully saturated rings. The van der Waals surface area contributed by atoms with Gasteiger partial charge in [0.15, 0.2) is 0 Å². The number of hydrogen-bond acceptors (Lipinski definition) is 2. The second-order valence-electron chi connectivity index (χ2n) is 3.06. The normalized spacial score (nSPS) is 24.0. The van der Waals surface area contributed by atoms with Crippen molar-refractivity contribution in [3.8, 4) is 0 Å². The van der Waals surface area contributed by atoms with E-state index >= 15 is 0 Å². The molecule has 2 heteroatoms. The zero-order valence-electron chi connectivity index (χ0n) is 7.18. The van der Waals surface area contributed by atoms with Gasteiger partial charge in [0, 0.05) is 13.2 Å². The van der Waals surface area contributed by atoms with Crippen molar-refractivity contribution in [3.63, 3.8) is 0 Å². The molecule has 0 radical (unpaired) electrons. The summed E-state index contributed by atoms with van der Waals surface area (Å²) < 4.78 is 10.5. The van der Waals surface area contributed by atoms with Gasteiger partial charge in [0.1, 0.15) is 6.79 Å². The number of rotatable bonds is 0. The van der Waals surface area contributed by atoms with Crippen LogP contribution in [0.25, 0.3) is 0 Å². The smallest absolute Gasteiger partial charge is 0.146 e. The molecule has 11 heavy (non-hydrogen) atoms. The topological polar surface area (TPSA) is 18.5 Å². The molecule has 0 spiro atoms. The van der Waals surface area contributed by atoms with E-state index in [1.165, 1.54) is 38.5 Å².